The predicted octanol–water partition coefficient (Wildman–Crippen LogP) is 2.93. The Bertz CT molecular complexity index is 323. The van der Waals surface area contributed by atoms with Crippen LogP contribution in [0.3, 0.4) is 0 Å². The van der Waals surface area contributed by atoms with Gasteiger partial charge in [-0.25, -0.2) is 0 Å². The van der Waals surface area contributed by atoms with Crippen molar-refractivity contribution in [2.75, 3.05) is 13.2 Å². The molecule has 17 heavy (non-hydrogen) atoms. The van der Waals surface area contributed by atoms with E-state index in [1.54, 1.807) is 0 Å². The first-order valence-electron chi connectivity index (χ1n) is 6.16. The van der Waals surface area contributed by atoms with Crippen molar-refractivity contribution >= 4 is 0 Å². The van der Waals surface area contributed by atoms with Crippen molar-refractivity contribution in [1.82, 2.24) is 0 Å². The lowest BCUT2D eigenvalue weighted by atomic mass is 10.1. The van der Waals surface area contributed by atoms with Gasteiger partial charge in [0.1, 0.15) is 12.4 Å². The van der Waals surface area contributed by atoms with Gasteiger partial charge in [-0.05, 0) is 26.3 Å². The van der Waals surface area contributed by atoms with Crippen LogP contribution in [0.1, 0.15) is 38.9 Å². The molecule has 0 amide bonds. The van der Waals surface area contributed by atoms with Gasteiger partial charge in [-0.2, -0.15) is 0 Å². The minimum Gasteiger partial charge on any atom is -0.491 e. The van der Waals surface area contributed by atoms with Crippen LogP contribution >= 0.6 is 0 Å². The van der Waals surface area contributed by atoms with E-state index < -0.39 is 6.10 Å². The summed E-state index contributed by atoms with van der Waals surface area (Å²) in [4.78, 5) is 0. The maximum absolute atomic E-state index is 9.84. The van der Waals surface area contributed by atoms with Crippen molar-refractivity contribution in [2.24, 2.45) is 0 Å². The number of para-hydroxylation sites is 1. The third-order valence-corrected chi connectivity index (χ3v) is 2.46. The second kappa shape index (κ2) is 7.30. The molecule has 0 aliphatic rings. The molecule has 1 atom stereocenters. The molecule has 0 radical (unpaired) electrons. The lowest BCUT2D eigenvalue weighted by Crippen LogP contribution is -2.12. The predicted molar refractivity (Wildman–Crippen MR) is 68.3 cm³/mol. The molecule has 1 aromatic carbocycles. The number of benzene rings is 1. The highest BCUT2D eigenvalue weighted by Crippen LogP contribution is 2.26. The third kappa shape index (κ3) is 4.75. The normalized spacial score (nSPS) is 12.8. The summed E-state index contributed by atoms with van der Waals surface area (Å²) in [6, 6.07) is 7.59. The van der Waals surface area contributed by atoms with Crippen LogP contribution in [-0.2, 0) is 4.74 Å². The summed E-state index contributed by atoms with van der Waals surface area (Å²) in [5.74, 6) is 0.745. The molecule has 0 bridgehead atoms. The fourth-order valence-electron chi connectivity index (χ4n) is 1.54. The molecule has 96 valence electrons. The fraction of sp³-hybridized carbons (Fsp3) is 0.571. The van der Waals surface area contributed by atoms with Crippen LogP contribution in [0, 0.1) is 0 Å². The van der Waals surface area contributed by atoms with Crippen molar-refractivity contribution in [3.05, 3.63) is 29.8 Å². The molecule has 3 heteroatoms. The van der Waals surface area contributed by atoms with E-state index in [0.29, 0.717) is 19.6 Å². The first-order chi connectivity index (χ1) is 8.15. The Kier molecular flexibility index (Phi) is 6.01. The average Bonchev–Trinajstić information content (AvgIpc) is 2.34. The van der Waals surface area contributed by atoms with E-state index in [1.165, 1.54) is 0 Å². The van der Waals surface area contributed by atoms with Crippen molar-refractivity contribution in [2.45, 2.75) is 39.4 Å². The van der Waals surface area contributed by atoms with Crippen LogP contribution in [0.5, 0.6) is 5.75 Å². The van der Waals surface area contributed by atoms with Crippen LogP contribution in [0.25, 0.3) is 0 Å². The lowest BCUT2D eigenvalue weighted by Gasteiger charge is -2.15. The molecule has 0 spiro atoms. The topological polar surface area (TPSA) is 38.7 Å². The van der Waals surface area contributed by atoms with Gasteiger partial charge in [-0.3, -0.25) is 0 Å². The van der Waals surface area contributed by atoms with Gasteiger partial charge in [0, 0.05) is 5.56 Å². The Morgan fingerprint density at radius 3 is 2.53 bits per heavy atom. The third-order valence-electron chi connectivity index (χ3n) is 2.46. The summed E-state index contributed by atoms with van der Waals surface area (Å²) < 4.78 is 11.0. The molecule has 0 heterocycles. The summed E-state index contributed by atoms with van der Waals surface area (Å²) >= 11 is 0. The number of hydrogen-bond donors (Lipinski definition) is 1. The van der Waals surface area contributed by atoms with Crippen molar-refractivity contribution in [3.8, 4) is 5.75 Å². The molecule has 0 aliphatic heterocycles. The summed E-state index contributed by atoms with van der Waals surface area (Å²) in [6.45, 7) is 7.01. The Labute approximate surface area is 103 Å². The number of aliphatic hydroxyl groups is 1. The zero-order valence-electron chi connectivity index (χ0n) is 10.8. The van der Waals surface area contributed by atoms with E-state index in [9.17, 15) is 5.11 Å². The highest BCUT2D eigenvalue weighted by atomic mass is 16.5. The van der Waals surface area contributed by atoms with Crippen molar-refractivity contribution in [1.29, 1.82) is 0 Å². The standard InChI is InChI=1S/C14H22O3/c1-4-13(15)12-7-5-6-8-14(12)17-10-9-16-11(2)3/h5-8,11,13,15H,4,9-10H2,1-3H3/t13-/m1/s1. The zero-order chi connectivity index (χ0) is 12.7. The van der Waals surface area contributed by atoms with Crippen LogP contribution in [0.4, 0.5) is 0 Å². The maximum Gasteiger partial charge on any atom is 0.125 e. The highest BCUT2D eigenvalue weighted by molar-refractivity contribution is 5.34. The molecular weight excluding hydrogens is 216 g/mol. The SMILES string of the molecule is CC[C@@H](O)c1ccccc1OCCOC(C)C. The van der Waals surface area contributed by atoms with Gasteiger partial charge in [-0.15, -0.1) is 0 Å². The molecule has 1 N–H and O–H groups in total. The molecular formula is C14H22O3. The monoisotopic (exact) mass is 238 g/mol. The van der Waals surface area contributed by atoms with E-state index >= 15 is 0 Å². The van der Waals surface area contributed by atoms with Gasteiger partial charge in [0.25, 0.3) is 0 Å². The number of ether oxygens (including phenoxy) is 2. The molecule has 0 aliphatic carbocycles. The van der Waals surface area contributed by atoms with Crippen molar-refractivity contribution < 1.29 is 14.6 Å². The fourth-order valence-corrected chi connectivity index (χ4v) is 1.54. The molecule has 0 saturated heterocycles. The molecule has 1 aromatic rings. The number of rotatable bonds is 7. The van der Waals surface area contributed by atoms with E-state index in [0.717, 1.165) is 11.3 Å². The number of hydrogen-bond acceptors (Lipinski definition) is 3. The van der Waals surface area contributed by atoms with Crippen LogP contribution in [-0.4, -0.2) is 24.4 Å². The molecule has 0 fully saturated rings. The average molecular weight is 238 g/mol. The van der Waals surface area contributed by atoms with Gasteiger partial charge < -0.3 is 14.6 Å². The Balaban J connectivity index is 2.52. The quantitative estimate of drug-likeness (QED) is 0.742. The smallest absolute Gasteiger partial charge is 0.125 e. The van der Waals surface area contributed by atoms with E-state index in [-0.39, 0.29) is 6.10 Å². The first-order valence-corrected chi connectivity index (χ1v) is 6.16. The maximum atomic E-state index is 9.84. The second-order valence-corrected chi connectivity index (χ2v) is 4.23. The minimum absolute atomic E-state index is 0.218. The van der Waals surface area contributed by atoms with Crippen LogP contribution in [0.15, 0.2) is 24.3 Å². The van der Waals surface area contributed by atoms with Gasteiger partial charge >= 0.3 is 0 Å². The zero-order valence-corrected chi connectivity index (χ0v) is 10.8. The summed E-state index contributed by atoms with van der Waals surface area (Å²) in [7, 11) is 0. The van der Waals surface area contributed by atoms with Gasteiger partial charge in [0.05, 0.1) is 18.8 Å². The van der Waals surface area contributed by atoms with E-state index in [2.05, 4.69) is 0 Å². The van der Waals surface area contributed by atoms with Gasteiger partial charge in [0.15, 0.2) is 0 Å². The number of aliphatic hydroxyl groups excluding tert-OH is 1. The Morgan fingerprint density at radius 1 is 1.18 bits per heavy atom. The first kappa shape index (κ1) is 14.0. The Hall–Kier alpha value is -1.06. The Morgan fingerprint density at radius 2 is 1.88 bits per heavy atom. The van der Waals surface area contributed by atoms with E-state index in [1.807, 2.05) is 45.0 Å². The molecule has 3 nitrogen and oxygen atoms in total. The van der Waals surface area contributed by atoms with Gasteiger partial charge in [0.2, 0.25) is 0 Å². The highest BCUT2D eigenvalue weighted by Gasteiger charge is 2.10. The second-order valence-electron chi connectivity index (χ2n) is 4.23. The largest absolute Gasteiger partial charge is 0.491 e. The van der Waals surface area contributed by atoms with Crippen LogP contribution in [0.2, 0.25) is 0 Å². The minimum atomic E-state index is -0.461. The molecule has 0 unspecified atom stereocenters. The molecule has 1 rings (SSSR count). The summed E-state index contributed by atoms with van der Waals surface area (Å²) in [5, 5.41) is 9.84. The summed E-state index contributed by atoms with van der Waals surface area (Å²) in [5.41, 5.74) is 0.847. The molecule has 0 aromatic heterocycles. The lowest BCUT2D eigenvalue weighted by molar-refractivity contribution is 0.0542. The van der Waals surface area contributed by atoms with E-state index in [4.69, 9.17) is 9.47 Å². The van der Waals surface area contributed by atoms with Crippen LogP contribution < -0.4 is 4.74 Å². The molecule has 0 saturated carbocycles. The van der Waals surface area contributed by atoms with Gasteiger partial charge in [-0.1, -0.05) is 25.1 Å². The van der Waals surface area contributed by atoms with Crippen molar-refractivity contribution in [3.63, 3.8) is 0 Å². The summed E-state index contributed by atoms with van der Waals surface area (Å²) in [6.07, 6.45) is 0.440.